The first-order valence-corrected chi connectivity index (χ1v) is 19.0. The number of carbonyl (C=O) groups is 2. The number of sulfonamides is 2. The van der Waals surface area contributed by atoms with E-state index >= 15 is 0 Å². The minimum Gasteiger partial charge on any atom is -0.507 e. The highest BCUT2D eigenvalue weighted by Crippen LogP contribution is 2.33. The second-order valence-electron chi connectivity index (χ2n) is 12.4. The Morgan fingerprint density at radius 1 is 0.593 bits per heavy atom. The molecule has 2 amide bonds. The van der Waals surface area contributed by atoms with Crippen LogP contribution in [0.1, 0.15) is 22.2 Å². The standard InChI is InChI=1S/C37H30N4O11S2/c42-33-11-5-25(19-31(33)35(44)45)38-53(49,50)29-9-3-21-1-7-27(15-23(21)17-29)40-13-14-41(37(40)48)28-8-2-22-4-10-30(18-24(22)16-28)54(51,52)39-26-6-12-34(43)32(20-26)36(46)47/h1-12,15-20,35,38-39,42-45H,13-14H2,(H,46,47). The fraction of sp³-hybridized carbons (Fsp3) is 0.0811. The van der Waals surface area contributed by atoms with E-state index in [1.165, 1.54) is 46.2 Å². The highest BCUT2D eigenvalue weighted by molar-refractivity contribution is 7.93. The first-order chi connectivity index (χ1) is 25.6. The van der Waals surface area contributed by atoms with Gasteiger partial charge in [0.2, 0.25) is 0 Å². The number of hydrogen-bond acceptors (Lipinski definition) is 10. The molecule has 7 rings (SSSR count). The molecule has 6 aromatic carbocycles. The lowest BCUT2D eigenvalue weighted by molar-refractivity contribution is -0.0438. The van der Waals surface area contributed by atoms with E-state index in [4.69, 9.17) is 0 Å². The van der Waals surface area contributed by atoms with E-state index in [-0.39, 0.29) is 32.8 Å². The van der Waals surface area contributed by atoms with E-state index in [0.717, 1.165) is 24.3 Å². The molecule has 0 aliphatic carbocycles. The van der Waals surface area contributed by atoms with Crippen molar-refractivity contribution >= 4 is 76.3 Å². The number of aromatic hydroxyl groups is 2. The second-order valence-corrected chi connectivity index (χ2v) is 15.7. The number of carbonyl (C=O) groups excluding carboxylic acids is 1. The van der Waals surface area contributed by atoms with E-state index in [9.17, 15) is 52.0 Å². The summed E-state index contributed by atoms with van der Waals surface area (Å²) < 4.78 is 57.7. The molecule has 0 radical (unpaired) electrons. The average Bonchev–Trinajstić information content (AvgIpc) is 3.52. The van der Waals surface area contributed by atoms with Crippen LogP contribution in [0.4, 0.5) is 27.5 Å². The number of benzene rings is 6. The topological polar surface area (TPSA) is 234 Å². The van der Waals surface area contributed by atoms with Crippen LogP contribution in [0, 0.1) is 0 Å². The number of aromatic carboxylic acids is 1. The van der Waals surface area contributed by atoms with Gasteiger partial charge in [-0.05, 0) is 106 Å². The molecule has 1 heterocycles. The summed E-state index contributed by atoms with van der Waals surface area (Å²) >= 11 is 0. The van der Waals surface area contributed by atoms with E-state index in [1.807, 2.05) is 0 Å². The Morgan fingerprint density at radius 2 is 1.06 bits per heavy atom. The van der Waals surface area contributed by atoms with E-state index in [0.29, 0.717) is 46.0 Å². The zero-order valence-corrected chi connectivity index (χ0v) is 29.4. The van der Waals surface area contributed by atoms with Crippen molar-refractivity contribution < 1.29 is 52.0 Å². The predicted molar refractivity (Wildman–Crippen MR) is 200 cm³/mol. The van der Waals surface area contributed by atoms with Gasteiger partial charge in [0, 0.05) is 35.8 Å². The molecule has 0 saturated carbocycles. The first kappa shape index (κ1) is 36.0. The number of anilines is 4. The van der Waals surface area contributed by atoms with Crippen LogP contribution < -0.4 is 19.2 Å². The van der Waals surface area contributed by atoms with Crippen molar-refractivity contribution in [3.63, 3.8) is 0 Å². The molecule has 1 saturated heterocycles. The molecular weight excluding hydrogens is 741 g/mol. The molecule has 17 heteroatoms. The van der Waals surface area contributed by atoms with Gasteiger partial charge in [-0.3, -0.25) is 19.2 Å². The Labute approximate surface area is 307 Å². The zero-order valence-electron chi connectivity index (χ0n) is 27.8. The molecule has 1 aliphatic heterocycles. The number of phenolic OH excluding ortho intramolecular Hbond substituents is 1. The number of carboxylic acids is 1. The number of rotatable bonds is 10. The van der Waals surface area contributed by atoms with Crippen molar-refractivity contribution in [1.29, 1.82) is 0 Å². The number of aliphatic hydroxyl groups is 2. The maximum absolute atomic E-state index is 13.8. The molecule has 0 spiro atoms. The smallest absolute Gasteiger partial charge is 0.339 e. The maximum Gasteiger partial charge on any atom is 0.339 e. The molecule has 0 unspecified atom stereocenters. The Morgan fingerprint density at radius 3 is 1.54 bits per heavy atom. The van der Waals surface area contributed by atoms with Crippen LogP contribution in [0.3, 0.4) is 0 Å². The third-order valence-electron chi connectivity index (χ3n) is 8.88. The van der Waals surface area contributed by atoms with Gasteiger partial charge in [0.15, 0.2) is 6.29 Å². The summed E-state index contributed by atoms with van der Waals surface area (Å²) in [5.74, 6) is -2.35. The van der Waals surface area contributed by atoms with Gasteiger partial charge in [0.05, 0.1) is 15.4 Å². The molecule has 7 N–H and O–H groups in total. The molecule has 15 nitrogen and oxygen atoms in total. The van der Waals surface area contributed by atoms with Crippen molar-refractivity contribution in [2.75, 3.05) is 32.3 Å². The van der Waals surface area contributed by atoms with Gasteiger partial charge in [-0.25, -0.2) is 26.4 Å². The van der Waals surface area contributed by atoms with Gasteiger partial charge < -0.3 is 25.5 Å². The Kier molecular flexibility index (Phi) is 9.02. The Hall–Kier alpha value is -6.40. The number of nitrogens with zero attached hydrogens (tertiary/aromatic N) is 2. The van der Waals surface area contributed by atoms with Crippen molar-refractivity contribution in [2.24, 2.45) is 0 Å². The Bertz CT molecular complexity index is 2740. The summed E-state index contributed by atoms with van der Waals surface area (Å²) in [7, 11) is -8.34. The molecular formula is C37H30N4O11S2. The number of phenols is 2. The minimum absolute atomic E-state index is 0.000806. The first-order valence-electron chi connectivity index (χ1n) is 16.1. The molecule has 1 fully saturated rings. The van der Waals surface area contributed by atoms with Crippen LogP contribution in [0.25, 0.3) is 21.5 Å². The highest BCUT2D eigenvalue weighted by atomic mass is 32.2. The third kappa shape index (κ3) is 6.91. The molecule has 1 aliphatic rings. The van der Waals surface area contributed by atoms with Crippen molar-refractivity contribution in [1.82, 2.24) is 0 Å². The van der Waals surface area contributed by atoms with Crippen LogP contribution in [0.5, 0.6) is 11.5 Å². The normalized spacial score (nSPS) is 13.6. The van der Waals surface area contributed by atoms with Gasteiger partial charge in [-0.15, -0.1) is 0 Å². The van der Waals surface area contributed by atoms with Gasteiger partial charge in [0.1, 0.15) is 17.1 Å². The molecule has 0 aromatic heterocycles. The van der Waals surface area contributed by atoms with Crippen molar-refractivity contribution in [3.8, 4) is 11.5 Å². The van der Waals surface area contributed by atoms with E-state index < -0.39 is 49.4 Å². The fourth-order valence-electron chi connectivity index (χ4n) is 6.13. The van der Waals surface area contributed by atoms with Crippen LogP contribution in [-0.2, 0) is 20.0 Å². The predicted octanol–water partition coefficient (Wildman–Crippen LogP) is 5.13. The average molecular weight is 771 g/mol. The number of aliphatic hydroxyl groups excluding tert-OH is 1. The third-order valence-corrected chi connectivity index (χ3v) is 11.6. The lowest BCUT2D eigenvalue weighted by Crippen LogP contribution is -2.31. The summed E-state index contributed by atoms with van der Waals surface area (Å²) in [5, 5.41) is 50.3. The summed E-state index contributed by atoms with van der Waals surface area (Å²) in [6, 6.07) is 25.7. The largest absolute Gasteiger partial charge is 0.507 e. The van der Waals surface area contributed by atoms with Crippen LogP contribution in [0.2, 0.25) is 0 Å². The highest BCUT2D eigenvalue weighted by Gasteiger charge is 2.31. The summed E-state index contributed by atoms with van der Waals surface area (Å²) in [5.41, 5.74) is 0.220. The molecule has 6 aromatic rings. The van der Waals surface area contributed by atoms with Crippen molar-refractivity contribution in [2.45, 2.75) is 16.1 Å². The quantitative estimate of drug-likeness (QED) is 0.0712. The molecule has 276 valence electrons. The number of fused-ring (bicyclic) bond motifs is 2. The number of nitrogens with one attached hydrogen (secondary N) is 2. The molecule has 54 heavy (non-hydrogen) atoms. The SMILES string of the molecule is O=C(O)c1cc(NS(=O)(=O)c2ccc3ccc(N4CCN(c5ccc6ccc(S(=O)(=O)Nc7ccc(O)c(C(O)O)c7)cc6c5)C4=O)cc3c2)ccc1O. The van der Waals surface area contributed by atoms with Gasteiger partial charge >= 0.3 is 12.0 Å². The van der Waals surface area contributed by atoms with E-state index in [1.54, 1.807) is 48.5 Å². The summed E-state index contributed by atoms with van der Waals surface area (Å²) in [6.07, 6.45) is -2.02. The maximum atomic E-state index is 13.8. The zero-order chi connectivity index (χ0) is 38.5. The monoisotopic (exact) mass is 770 g/mol. The van der Waals surface area contributed by atoms with Crippen molar-refractivity contribution in [3.05, 3.63) is 120 Å². The van der Waals surface area contributed by atoms with E-state index in [2.05, 4.69) is 9.44 Å². The van der Waals surface area contributed by atoms with Gasteiger partial charge in [0.25, 0.3) is 20.0 Å². The number of hydrogen-bond donors (Lipinski definition) is 7. The fourth-order valence-corrected chi connectivity index (χ4v) is 8.30. The number of urea groups is 1. The second kappa shape index (κ2) is 13.5. The van der Waals surface area contributed by atoms with Gasteiger partial charge in [-0.2, -0.15) is 0 Å². The number of amides is 2. The van der Waals surface area contributed by atoms with Gasteiger partial charge in [-0.1, -0.05) is 24.3 Å². The summed E-state index contributed by atoms with van der Waals surface area (Å²) in [6.45, 7) is 0.593. The summed E-state index contributed by atoms with van der Waals surface area (Å²) in [4.78, 5) is 28.0. The van der Waals surface area contributed by atoms with Crippen LogP contribution in [0.15, 0.2) is 119 Å². The minimum atomic E-state index is -4.18. The molecule has 0 atom stereocenters. The molecule has 0 bridgehead atoms. The van der Waals surface area contributed by atoms with Crippen LogP contribution >= 0.6 is 0 Å². The lowest BCUT2D eigenvalue weighted by atomic mass is 10.1. The Balaban J connectivity index is 1.11. The number of carboxylic acid groups (broad SMARTS) is 1. The lowest BCUT2D eigenvalue weighted by Gasteiger charge is -2.20. The van der Waals surface area contributed by atoms with Crippen LogP contribution in [-0.4, -0.2) is 67.5 Å².